The van der Waals surface area contributed by atoms with E-state index >= 15 is 0 Å². The number of unbranched alkanes of at least 4 members (excludes halogenated alkanes) is 1. The van der Waals surface area contributed by atoms with Crippen molar-refractivity contribution < 1.29 is 17.2 Å². The monoisotopic (exact) mass is 306 g/mol. The summed E-state index contributed by atoms with van der Waals surface area (Å²) in [5, 5.41) is 0. The summed E-state index contributed by atoms with van der Waals surface area (Å²) in [6, 6.07) is 2.01. The Morgan fingerprint density at radius 3 is 2.40 bits per heavy atom. The maximum absolute atomic E-state index is 13.8. The lowest BCUT2D eigenvalue weighted by atomic mass is 10.2. The van der Waals surface area contributed by atoms with Crippen molar-refractivity contribution in [2.45, 2.75) is 38.1 Å². The van der Waals surface area contributed by atoms with Gasteiger partial charge in [0, 0.05) is 19.6 Å². The molecule has 0 unspecified atom stereocenters. The second kappa shape index (κ2) is 7.10. The van der Waals surface area contributed by atoms with Crippen LogP contribution in [0.25, 0.3) is 0 Å². The fourth-order valence-electron chi connectivity index (χ4n) is 1.84. The number of halogens is 2. The summed E-state index contributed by atoms with van der Waals surface area (Å²) in [5.74, 6) is -2.55. The highest BCUT2D eigenvalue weighted by Gasteiger charge is 2.28. The average molecular weight is 306 g/mol. The Morgan fingerprint density at radius 2 is 1.90 bits per heavy atom. The van der Waals surface area contributed by atoms with Crippen molar-refractivity contribution in [3.63, 3.8) is 0 Å². The van der Waals surface area contributed by atoms with E-state index in [1.165, 1.54) is 0 Å². The number of sulfonamides is 1. The van der Waals surface area contributed by atoms with Gasteiger partial charge in [0.2, 0.25) is 10.0 Å². The zero-order valence-corrected chi connectivity index (χ0v) is 12.5. The van der Waals surface area contributed by atoms with Crippen molar-refractivity contribution in [3.05, 3.63) is 29.3 Å². The van der Waals surface area contributed by atoms with Gasteiger partial charge in [-0.15, -0.1) is 0 Å². The summed E-state index contributed by atoms with van der Waals surface area (Å²) < 4.78 is 53.2. The number of hydrogen-bond acceptors (Lipinski definition) is 3. The van der Waals surface area contributed by atoms with Crippen LogP contribution in [0.3, 0.4) is 0 Å². The van der Waals surface area contributed by atoms with Gasteiger partial charge < -0.3 is 5.73 Å². The van der Waals surface area contributed by atoms with Gasteiger partial charge in [-0.3, -0.25) is 0 Å². The van der Waals surface area contributed by atoms with Gasteiger partial charge in [-0.1, -0.05) is 20.3 Å². The number of benzene rings is 1. The SMILES string of the molecule is CCCCN(CC)S(=O)(=O)c1cc(CN)cc(F)c1F. The third-order valence-corrected chi connectivity index (χ3v) is 5.00. The highest BCUT2D eigenvalue weighted by Crippen LogP contribution is 2.23. The average Bonchev–Trinajstić information content (AvgIpc) is 2.42. The van der Waals surface area contributed by atoms with Crippen LogP contribution in [-0.2, 0) is 16.6 Å². The molecule has 0 spiro atoms. The van der Waals surface area contributed by atoms with Crippen LogP contribution in [0.2, 0.25) is 0 Å². The molecule has 1 rings (SSSR count). The Hall–Kier alpha value is -1.05. The van der Waals surface area contributed by atoms with Gasteiger partial charge in [-0.2, -0.15) is 4.31 Å². The molecule has 2 N–H and O–H groups in total. The van der Waals surface area contributed by atoms with Crippen molar-refractivity contribution in [2.24, 2.45) is 5.73 Å². The van der Waals surface area contributed by atoms with Gasteiger partial charge in [0.25, 0.3) is 0 Å². The molecule has 0 bridgehead atoms. The van der Waals surface area contributed by atoms with Gasteiger partial charge in [0.05, 0.1) is 0 Å². The molecule has 0 atom stereocenters. The molecule has 0 fully saturated rings. The largest absolute Gasteiger partial charge is 0.326 e. The molecule has 20 heavy (non-hydrogen) atoms. The van der Waals surface area contributed by atoms with Gasteiger partial charge in [-0.25, -0.2) is 17.2 Å². The molecule has 0 aliphatic heterocycles. The van der Waals surface area contributed by atoms with Gasteiger partial charge in [0.15, 0.2) is 11.6 Å². The minimum atomic E-state index is -4.05. The third kappa shape index (κ3) is 3.53. The van der Waals surface area contributed by atoms with E-state index in [0.717, 1.165) is 22.9 Å². The molecular weight excluding hydrogens is 286 g/mol. The maximum Gasteiger partial charge on any atom is 0.246 e. The highest BCUT2D eigenvalue weighted by molar-refractivity contribution is 7.89. The lowest BCUT2D eigenvalue weighted by Gasteiger charge is -2.21. The summed E-state index contributed by atoms with van der Waals surface area (Å²) in [4.78, 5) is -0.643. The fraction of sp³-hybridized carbons (Fsp3) is 0.538. The Kier molecular flexibility index (Phi) is 6.04. The smallest absolute Gasteiger partial charge is 0.246 e. The summed E-state index contributed by atoms with van der Waals surface area (Å²) in [5.41, 5.74) is 5.62. The minimum absolute atomic E-state index is 0.0548. The highest BCUT2D eigenvalue weighted by atomic mass is 32.2. The van der Waals surface area contributed by atoms with Crippen molar-refractivity contribution in [1.82, 2.24) is 4.31 Å². The first-order chi connectivity index (χ1) is 9.38. The van der Waals surface area contributed by atoms with E-state index in [4.69, 9.17) is 5.73 Å². The Bertz CT molecular complexity index is 562. The number of hydrogen-bond donors (Lipinski definition) is 1. The molecule has 0 aliphatic carbocycles. The van der Waals surface area contributed by atoms with Crippen molar-refractivity contribution in [3.8, 4) is 0 Å². The van der Waals surface area contributed by atoms with Crippen LogP contribution in [0.4, 0.5) is 8.78 Å². The molecule has 0 heterocycles. The van der Waals surface area contributed by atoms with Gasteiger partial charge in [-0.05, 0) is 24.1 Å². The summed E-state index contributed by atoms with van der Waals surface area (Å²) in [7, 11) is -4.05. The lowest BCUT2D eigenvalue weighted by molar-refractivity contribution is 0.410. The van der Waals surface area contributed by atoms with E-state index in [1.807, 2.05) is 6.92 Å². The predicted octanol–water partition coefficient (Wildman–Crippen LogP) is 2.23. The van der Waals surface area contributed by atoms with Crippen LogP contribution in [0.5, 0.6) is 0 Å². The summed E-state index contributed by atoms with van der Waals surface area (Å²) in [6.07, 6.45) is 1.47. The first-order valence-corrected chi connectivity index (χ1v) is 8.00. The van der Waals surface area contributed by atoms with Crippen LogP contribution in [-0.4, -0.2) is 25.8 Å². The lowest BCUT2D eigenvalue weighted by Crippen LogP contribution is -2.32. The molecule has 0 saturated carbocycles. The van der Waals surface area contributed by atoms with E-state index in [-0.39, 0.29) is 25.2 Å². The quantitative estimate of drug-likeness (QED) is 0.840. The Labute approximate surface area is 118 Å². The number of nitrogens with zero attached hydrogens (tertiary/aromatic N) is 1. The first-order valence-electron chi connectivity index (χ1n) is 6.56. The molecular formula is C13H20F2N2O2S. The second-order valence-electron chi connectivity index (χ2n) is 4.44. The van der Waals surface area contributed by atoms with Crippen LogP contribution >= 0.6 is 0 Å². The van der Waals surface area contributed by atoms with E-state index in [0.29, 0.717) is 6.42 Å². The normalized spacial score (nSPS) is 12.1. The predicted molar refractivity (Wildman–Crippen MR) is 73.6 cm³/mol. The summed E-state index contributed by atoms with van der Waals surface area (Å²) in [6.45, 7) is 4.02. The molecule has 0 radical (unpaired) electrons. The first kappa shape index (κ1) is 17.0. The van der Waals surface area contributed by atoms with Gasteiger partial charge >= 0.3 is 0 Å². The van der Waals surface area contributed by atoms with Crippen molar-refractivity contribution >= 4 is 10.0 Å². The zero-order chi connectivity index (χ0) is 15.3. The van der Waals surface area contributed by atoms with E-state index < -0.39 is 26.6 Å². The number of rotatable bonds is 7. The maximum atomic E-state index is 13.8. The second-order valence-corrected chi connectivity index (χ2v) is 6.35. The van der Waals surface area contributed by atoms with Crippen LogP contribution < -0.4 is 5.73 Å². The van der Waals surface area contributed by atoms with Crippen LogP contribution in [0.15, 0.2) is 17.0 Å². The topological polar surface area (TPSA) is 63.4 Å². The fourth-order valence-corrected chi connectivity index (χ4v) is 3.46. The molecule has 1 aromatic carbocycles. The van der Waals surface area contributed by atoms with Crippen LogP contribution in [0, 0.1) is 11.6 Å². The zero-order valence-electron chi connectivity index (χ0n) is 11.7. The van der Waals surface area contributed by atoms with E-state index in [2.05, 4.69) is 0 Å². The van der Waals surface area contributed by atoms with Crippen LogP contribution in [0.1, 0.15) is 32.3 Å². The van der Waals surface area contributed by atoms with Gasteiger partial charge in [0.1, 0.15) is 4.90 Å². The Balaban J connectivity index is 3.29. The number of nitrogens with two attached hydrogens (primary N) is 1. The van der Waals surface area contributed by atoms with E-state index in [1.54, 1.807) is 6.92 Å². The summed E-state index contributed by atoms with van der Waals surface area (Å²) >= 11 is 0. The third-order valence-electron chi connectivity index (χ3n) is 3.02. The standard InChI is InChI=1S/C13H20F2N2O2S/c1-3-5-6-17(4-2)20(18,19)12-8-10(9-16)7-11(14)13(12)15/h7-8H,3-6,9,16H2,1-2H3. The van der Waals surface area contributed by atoms with Crippen molar-refractivity contribution in [2.75, 3.05) is 13.1 Å². The van der Waals surface area contributed by atoms with Crippen molar-refractivity contribution in [1.29, 1.82) is 0 Å². The molecule has 0 saturated heterocycles. The minimum Gasteiger partial charge on any atom is -0.326 e. The molecule has 0 amide bonds. The van der Waals surface area contributed by atoms with E-state index in [9.17, 15) is 17.2 Å². The molecule has 4 nitrogen and oxygen atoms in total. The molecule has 0 aliphatic rings. The molecule has 114 valence electrons. The molecule has 1 aromatic rings. The Morgan fingerprint density at radius 1 is 1.25 bits per heavy atom. The molecule has 7 heteroatoms. The molecule has 0 aromatic heterocycles.